The number of hydrogen-bond acceptors (Lipinski definition) is 3. The van der Waals surface area contributed by atoms with Gasteiger partial charge in [0.2, 0.25) is 0 Å². The van der Waals surface area contributed by atoms with Gasteiger partial charge < -0.3 is 5.32 Å². The molecular weight excluding hydrogens is 449 g/mol. The molecule has 4 rings (SSSR count). The van der Waals surface area contributed by atoms with Crippen LogP contribution < -0.4 is 5.32 Å². The summed E-state index contributed by atoms with van der Waals surface area (Å²) in [5, 5.41) is 7.22. The lowest BCUT2D eigenvalue weighted by Crippen LogP contribution is -2.35. The Kier molecular flexibility index (Phi) is 4.72. The van der Waals surface area contributed by atoms with Gasteiger partial charge in [0.1, 0.15) is 0 Å². The summed E-state index contributed by atoms with van der Waals surface area (Å²) in [7, 11) is 0. The van der Waals surface area contributed by atoms with Gasteiger partial charge in [-0.3, -0.25) is 4.79 Å². The van der Waals surface area contributed by atoms with Crippen molar-refractivity contribution >= 4 is 21.8 Å². The first-order chi connectivity index (χ1) is 13.7. The molecule has 0 saturated heterocycles. The predicted octanol–water partition coefficient (Wildman–Crippen LogP) is 4.78. The van der Waals surface area contributed by atoms with Crippen LogP contribution in [0.2, 0.25) is 0 Å². The van der Waals surface area contributed by atoms with Gasteiger partial charge in [-0.1, -0.05) is 28.1 Å². The fourth-order valence-electron chi connectivity index (χ4n) is 3.21. The molecule has 0 spiro atoms. The summed E-state index contributed by atoms with van der Waals surface area (Å²) in [5.41, 5.74) is 0.660. The van der Waals surface area contributed by atoms with E-state index in [0.29, 0.717) is 11.3 Å². The van der Waals surface area contributed by atoms with Crippen molar-refractivity contribution in [3.8, 4) is 5.82 Å². The number of pyridine rings is 1. The molecule has 0 atom stereocenters. The van der Waals surface area contributed by atoms with Crippen LogP contribution in [-0.2, 0) is 11.7 Å². The highest BCUT2D eigenvalue weighted by Gasteiger charge is 2.46. The number of hydrogen-bond donors (Lipinski definition) is 1. The van der Waals surface area contributed by atoms with Gasteiger partial charge in [0.15, 0.2) is 5.82 Å². The van der Waals surface area contributed by atoms with Crippen LogP contribution in [0, 0.1) is 6.92 Å². The molecule has 2 heterocycles. The summed E-state index contributed by atoms with van der Waals surface area (Å²) in [6.07, 6.45) is -0.617. The molecule has 1 N–H and O–H groups in total. The predicted molar refractivity (Wildman–Crippen MR) is 104 cm³/mol. The third-order valence-corrected chi connectivity index (χ3v) is 5.57. The van der Waals surface area contributed by atoms with E-state index in [-0.39, 0.29) is 17.3 Å². The molecule has 1 saturated carbocycles. The molecule has 1 amide bonds. The Labute approximate surface area is 173 Å². The van der Waals surface area contributed by atoms with E-state index in [1.54, 1.807) is 6.92 Å². The minimum atomic E-state index is -4.46. The molecule has 1 aromatic carbocycles. The zero-order valence-electron chi connectivity index (χ0n) is 15.3. The van der Waals surface area contributed by atoms with E-state index < -0.39 is 11.7 Å². The van der Waals surface area contributed by atoms with Crippen LogP contribution >= 0.6 is 15.9 Å². The molecular formula is C20H16BrF3N4O. The number of rotatable bonds is 4. The lowest BCUT2D eigenvalue weighted by molar-refractivity contribution is -0.137. The first-order valence-corrected chi connectivity index (χ1v) is 9.66. The summed E-state index contributed by atoms with van der Waals surface area (Å²) in [4.78, 5) is 16.7. The van der Waals surface area contributed by atoms with Gasteiger partial charge in [0.05, 0.1) is 28.6 Å². The van der Waals surface area contributed by atoms with Gasteiger partial charge in [-0.05, 0) is 49.6 Å². The molecule has 9 heteroatoms. The van der Waals surface area contributed by atoms with Gasteiger partial charge >= 0.3 is 6.18 Å². The second-order valence-corrected chi connectivity index (χ2v) is 7.92. The Bertz CT molecular complexity index is 1050. The fourth-order valence-corrected chi connectivity index (χ4v) is 3.47. The standard InChI is InChI=1S/C20H16BrF3N4O/c1-12-16(11-26-28(12)17-7-4-14(10-25-17)20(22,23)24)18(29)27-19(8-9-19)13-2-5-15(21)6-3-13/h2-7,10-11H,8-9H2,1H3,(H,27,29). The lowest BCUT2D eigenvalue weighted by atomic mass is 10.0. The summed E-state index contributed by atoms with van der Waals surface area (Å²) < 4.78 is 40.5. The van der Waals surface area contributed by atoms with Gasteiger partial charge in [-0.15, -0.1) is 0 Å². The van der Waals surface area contributed by atoms with Crippen molar-refractivity contribution in [3.05, 3.63) is 75.6 Å². The molecule has 0 bridgehead atoms. The van der Waals surface area contributed by atoms with Crippen LogP contribution in [0.3, 0.4) is 0 Å². The molecule has 0 aliphatic heterocycles. The van der Waals surface area contributed by atoms with Gasteiger partial charge in [0.25, 0.3) is 5.91 Å². The Morgan fingerprint density at radius 3 is 2.38 bits per heavy atom. The third kappa shape index (κ3) is 3.78. The molecule has 5 nitrogen and oxygen atoms in total. The van der Waals surface area contributed by atoms with Crippen molar-refractivity contribution < 1.29 is 18.0 Å². The quantitative estimate of drug-likeness (QED) is 0.604. The molecule has 29 heavy (non-hydrogen) atoms. The number of alkyl halides is 3. The monoisotopic (exact) mass is 464 g/mol. The molecule has 1 aliphatic rings. The van der Waals surface area contributed by atoms with E-state index in [2.05, 4.69) is 31.3 Å². The van der Waals surface area contributed by atoms with E-state index in [1.165, 1.54) is 16.9 Å². The summed E-state index contributed by atoms with van der Waals surface area (Å²) >= 11 is 3.40. The molecule has 150 valence electrons. The second kappa shape index (κ2) is 6.98. The Balaban J connectivity index is 1.55. The second-order valence-electron chi connectivity index (χ2n) is 7.00. The number of nitrogens with one attached hydrogen (secondary N) is 1. The molecule has 0 unspecified atom stereocenters. The number of benzene rings is 1. The van der Waals surface area contributed by atoms with E-state index in [9.17, 15) is 18.0 Å². The maximum absolute atomic E-state index is 12.8. The van der Waals surface area contributed by atoms with Gasteiger partial charge in [-0.25, -0.2) is 9.67 Å². The number of carbonyl (C=O) groups is 1. The largest absolute Gasteiger partial charge is 0.417 e. The normalized spacial score (nSPS) is 15.2. The number of aromatic nitrogens is 3. The lowest BCUT2D eigenvalue weighted by Gasteiger charge is -2.18. The molecule has 2 aromatic heterocycles. The average molecular weight is 465 g/mol. The minimum absolute atomic E-state index is 0.212. The molecule has 1 fully saturated rings. The number of halogens is 4. The third-order valence-electron chi connectivity index (χ3n) is 5.05. The highest BCUT2D eigenvalue weighted by molar-refractivity contribution is 9.10. The first kappa shape index (κ1) is 19.6. The maximum atomic E-state index is 12.8. The van der Waals surface area contributed by atoms with Crippen LogP contribution in [0.4, 0.5) is 13.2 Å². The topological polar surface area (TPSA) is 59.8 Å². The maximum Gasteiger partial charge on any atom is 0.417 e. The highest BCUT2D eigenvalue weighted by atomic mass is 79.9. The van der Waals surface area contributed by atoms with E-state index in [1.807, 2.05) is 24.3 Å². The van der Waals surface area contributed by atoms with Crippen LogP contribution in [0.1, 0.15) is 40.0 Å². The van der Waals surface area contributed by atoms with Crippen LogP contribution in [0.15, 0.2) is 53.3 Å². The molecule has 1 aliphatic carbocycles. The van der Waals surface area contributed by atoms with E-state index >= 15 is 0 Å². The van der Waals surface area contributed by atoms with Crippen molar-refractivity contribution in [2.75, 3.05) is 0 Å². The summed E-state index contributed by atoms with van der Waals surface area (Å²) in [5.74, 6) is -0.0651. The van der Waals surface area contributed by atoms with Crippen LogP contribution in [0.25, 0.3) is 5.82 Å². The van der Waals surface area contributed by atoms with E-state index in [0.717, 1.165) is 35.1 Å². The fraction of sp³-hybridized carbons (Fsp3) is 0.250. The van der Waals surface area contributed by atoms with Crippen LogP contribution in [0.5, 0.6) is 0 Å². The van der Waals surface area contributed by atoms with Crippen molar-refractivity contribution in [2.24, 2.45) is 0 Å². The Morgan fingerprint density at radius 1 is 1.14 bits per heavy atom. The number of carbonyl (C=O) groups excluding carboxylic acids is 1. The van der Waals surface area contributed by atoms with Crippen molar-refractivity contribution in [1.29, 1.82) is 0 Å². The van der Waals surface area contributed by atoms with Gasteiger partial charge in [-0.2, -0.15) is 18.3 Å². The van der Waals surface area contributed by atoms with Crippen molar-refractivity contribution in [3.63, 3.8) is 0 Å². The number of amides is 1. The van der Waals surface area contributed by atoms with Gasteiger partial charge in [0, 0.05) is 10.7 Å². The minimum Gasteiger partial charge on any atom is -0.342 e. The average Bonchev–Trinajstić information content (AvgIpc) is 3.35. The zero-order valence-corrected chi connectivity index (χ0v) is 16.9. The SMILES string of the molecule is Cc1c(C(=O)NC2(c3ccc(Br)cc3)CC2)cnn1-c1ccc(C(F)(F)F)cn1. The zero-order chi connectivity index (χ0) is 20.8. The highest BCUT2D eigenvalue weighted by Crippen LogP contribution is 2.46. The number of nitrogens with zero attached hydrogens (tertiary/aromatic N) is 3. The van der Waals surface area contributed by atoms with Crippen LogP contribution in [-0.4, -0.2) is 20.7 Å². The molecule has 3 aromatic rings. The van der Waals surface area contributed by atoms with Crippen molar-refractivity contribution in [2.45, 2.75) is 31.5 Å². The Hall–Kier alpha value is -2.68. The summed E-state index contributed by atoms with van der Waals surface area (Å²) in [6, 6.07) is 9.98. The van der Waals surface area contributed by atoms with Crippen molar-refractivity contribution in [1.82, 2.24) is 20.1 Å². The van der Waals surface area contributed by atoms with E-state index in [4.69, 9.17) is 0 Å². The smallest absolute Gasteiger partial charge is 0.342 e. The Morgan fingerprint density at radius 2 is 1.83 bits per heavy atom. The summed E-state index contributed by atoms with van der Waals surface area (Å²) in [6.45, 7) is 1.68. The first-order valence-electron chi connectivity index (χ1n) is 8.86. The molecule has 0 radical (unpaired) electrons.